The summed E-state index contributed by atoms with van der Waals surface area (Å²) in [7, 11) is 2.81. The molecule has 1 aromatic carbocycles. The molecule has 15 heavy (non-hydrogen) atoms. The Morgan fingerprint density at radius 2 is 2.13 bits per heavy atom. The number of methoxy groups -OCH3 is 2. The standard InChI is InChI=1S/C10H10BrClO3/c1-14-8-4-6(5-11)3-7(9(8)12)10(13)15-2/h3-4H,5H2,1-2H3. The first-order valence-corrected chi connectivity index (χ1v) is 5.64. The predicted octanol–water partition coefficient (Wildman–Crippen LogP) is 3.03. The van der Waals surface area contributed by atoms with E-state index in [0.717, 1.165) is 5.56 Å². The van der Waals surface area contributed by atoms with Crippen LogP contribution in [0.5, 0.6) is 5.75 Å². The molecule has 0 radical (unpaired) electrons. The van der Waals surface area contributed by atoms with E-state index in [9.17, 15) is 4.79 Å². The average Bonchev–Trinajstić information content (AvgIpc) is 2.28. The van der Waals surface area contributed by atoms with Gasteiger partial charge in [0.25, 0.3) is 0 Å². The van der Waals surface area contributed by atoms with Crippen molar-refractivity contribution in [1.82, 2.24) is 0 Å². The number of halogens is 2. The van der Waals surface area contributed by atoms with E-state index in [0.29, 0.717) is 16.6 Å². The summed E-state index contributed by atoms with van der Waals surface area (Å²) in [6.07, 6.45) is 0. The van der Waals surface area contributed by atoms with E-state index in [1.807, 2.05) is 0 Å². The maximum atomic E-state index is 11.4. The second-order valence-corrected chi connectivity index (χ2v) is 3.72. The third kappa shape index (κ3) is 2.63. The molecule has 0 aromatic heterocycles. The molecule has 1 aromatic rings. The molecule has 0 aliphatic heterocycles. The molecule has 0 spiro atoms. The van der Waals surface area contributed by atoms with Gasteiger partial charge in [-0.3, -0.25) is 0 Å². The molecule has 0 saturated carbocycles. The summed E-state index contributed by atoms with van der Waals surface area (Å²) < 4.78 is 9.68. The van der Waals surface area contributed by atoms with Crippen LogP contribution in [0.2, 0.25) is 5.02 Å². The highest BCUT2D eigenvalue weighted by Gasteiger charge is 2.16. The maximum absolute atomic E-state index is 11.4. The van der Waals surface area contributed by atoms with Crippen molar-refractivity contribution in [2.75, 3.05) is 14.2 Å². The Labute approximate surface area is 101 Å². The van der Waals surface area contributed by atoms with Crippen LogP contribution in [0.1, 0.15) is 15.9 Å². The van der Waals surface area contributed by atoms with Crippen LogP contribution in [0, 0.1) is 0 Å². The van der Waals surface area contributed by atoms with Crippen LogP contribution in [0.4, 0.5) is 0 Å². The van der Waals surface area contributed by atoms with Gasteiger partial charge >= 0.3 is 5.97 Å². The van der Waals surface area contributed by atoms with Crippen molar-refractivity contribution in [3.63, 3.8) is 0 Å². The number of rotatable bonds is 3. The number of carbonyl (C=O) groups is 1. The normalized spacial score (nSPS) is 9.87. The summed E-state index contributed by atoms with van der Waals surface area (Å²) in [6, 6.07) is 3.44. The second kappa shape index (κ2) is 5.37. The SMILES string of the molecule is COC(=O)c1cc(CBr)cc(OC)c1Cl. The van der Waals surface area contributed by atoms with Gasteiger partial charge < -0.3 is 9.47 Å². The van der Waals surface area contributed by atoms with Gasteiger partial charge in [0, 0.05) is 5.33 Å². The monoisotopic (exact) mass is 292 g/mol. The molecule has 0 atom stereocenters. The van der Waals surface area contributed by atoms with E-state index in [-0.39, 0.29) is 5.02 Å². The minimum atomic E-state index is -0.471. The van der Waals surface area contributed by atoms with Gasteiger partial charge in [-0.25, -0.2) is 4.79 Å². The van der Waals surface area contributed by atoms with E-state index >= 15 is 0 Å². The van der Waals surface area contributed by atoms with Crippen LogP contribution in [0.25, 0.3) is 0 Å². The van der Waals surface area contributed by atoms with Crippen LogP contribution in [-0.2, 0) is 10.1 Å². The van der Waals surface area contributed by atoms with Gasteiger partial charge in [-0.15, -0.1) is 0 Å². The van der Waals surface area contributed by atoms with Gasteiger partial charge in [0.1, 0.15) is 5.75 Å². The number of hydrogen-bond donors (Lipinski definition) is 0. The Kier molecular flexibility index (Phi) is 4.42. The predicted molar refractivity (Wildman–Crippen MR) is 62.0 cm³/mol. The first kappa shape index (κ1) is 12.3. The lowest BCUT2D eigenvalue weighted by Crippen LogP contribution is -2.04. The van der Waals surface area contributed by atoms with Crippen LogP contribution < -0.4 is 4.74 Å². The summed E-state index contributed by atoms with van der Waals surface area (Å²) in [4.78, 5) is 11.4. The van der Waals surface area contributed by atoms with E-state index in [4.69, 9.17) is 16.3 Å². The molecule has 3 nitrogen and oxygen atoms in total. The van der Waals surface area contributed by atoms with Gasteiger partial charge in [0.15, 0.2) is 0 Å². The molecule has 82 valence electrons. The van der Waals surface area contributed by atoms with Crippen molar-refractivity contribution in [2.24, 2.45) is 0 Å². The van der Waals surface area contributed by atoms with Crippen LogP contribution in [-0.4, -0.2) is 20.2 Å². The number of hydrogen-bond acceptors (Lipinski definition) is 3. The first-order valence-electron chi connectivity index (χ1n) is 4.14. The van der Waals surface area contributed by atoms with Crippen molar-refractivity contribution in [2.45, 2.75) is 5.33 Å². The largest absolute Gasteiger partial charge is 0.495 e. The fraction of sp³-hybridized carbons (Fsp3) is 0.300. The molecule has 0 fully saturated rings. The van der Waals surface area contributed by atoms with E-state index in [1.165, 1.54) is 14.2 Å². The van der Waals surface area contributed by atoms with E-state index in [2.05, 4.69) is 20.7 Å². The molecular weight excluding hydrogens is 283 g/mol. The minimum absolute atomic E-state index is 0.272. The zero-order chi connectivity index (χ0) is 11.4. The highest BCUT2D eigenvalue weighted by Crippen LogP contribution is 2.31. The molecule has 0 amide bonds. The Hall–Kier alpha value is -0.740. The maximum Gasteiger partial charge on any atom is 0.339 e. The lowest BCUT2D eigenvalue weighted by atomic mass is 10.1. The topological polar surface area (TPSA) is 35.5 Å². The second-order valence-electron chi connectivity index (χ2n) is 2.78. The lowest BCUT2D eigenvalue weighted by molar-refractivity contribution is 0.0600. The van der Waals surface area contributed by atoms with Crippen LogP contribution in [0.15, 0.2) is 12.1 Å². The van der Waals surface area contributed by atoms with Gasteiger partial charge in [-0.05, 0) is 17.7 Å². The summed E-state index contributed by atoms with van der Waals surface area (Å²) in [6.45, 7) is 0. The molecule has 0 aliphatic carbocycles. The zero-order valence-electron chi connectivity index (χ0n) is 8.34. The van der Waals surface area contributed by atoms with E-state index in [1.54, 1.807) is 12.1 Å². The quantitative estimate of drug-likeness (QED) is 0.635. The summed E-state index contributed by atoms with van der Waals surface area (Å²) in [5, 5.41) is 0.888. The van der Waals surface area contributed by atoms with Crippen molar-refractivity contribution < 1.29 is 14.3 Å². The lowest BCUT2D eigenvalue weighted by Gasteiger charge is -2.09. The van der Waals surface area contributed by atoms with Crippen LogP contribution in [0.3, 0.4) is 0 Å². The highest BCUT2D eigenvalue weighted by atomic mass is 79.9. The molecule has 0 aliphatic rings. The van der Waals surface area contributed by atoms with Gasteiger partial charge in [-0.2, -0.15) is 0 Å². The zero-order valence-corrected chi connectivity index (χ0v) is 10.7. The number of esters is 1. The van der Waals surface area contributed by atoms with E-state index < -0.39 is 5.97 Å². The Bertz CT molecular complexity index is 379. The summed E-state index contributed by atoms with van der Waals surface area (Å²) >= 11 is 9.27. The van der Waals surface area contributed by atoms with Crippen molar-refractivity contribution in [3.05, 3.63) is 28.3 Å². The van der Waals surface area contributed by atoms with Crippen molar-refractivity contribution in [3.8, 4) is 5.75 Å². The Balaban J connectivity index is 3.30. The highest BCUT2D eigenvalue weighted by molar-refractivity contribution is 9.08. The van der Waals surface area contributed by atoms with Crippen molar-refractivity contribution >= 4 is 33.5 Å². The molecule has 1 rings (SSSR count). The molecule has 0 saturated heterocycles. The number of carbonyl (C=O) groups excluding carboxylic acids is 1. The van der Waals surface area contributed by atoms with Crippen LogP contribution >= 0.6 is 27.5 Å². The molecule has 0 unspecified atom stereocenters. The number of ether oxygens (including phenoxy) is 2. The Morgan fingerprint density at radius 1 is 1.47 bits per heavy atom. The molecule has 0 N–H and O–H groups in total. The smallest absolute Gasteiger partial charge is 0.339 e. The fourth-order valence-electron chi connectivity index (χ4n) is 1.14. The third-order valence-electron chi connectivity index (χ3n) is 1.88. The van der Waals surface area contributed by atoms with Gasteiger partial charge in [-0.1, -0.05) is 27.5 Å². The fourth-order valence-corrected chi connectivity index (χ4v) is 1.73. The molecule has 5 heteroatoms. The number of alkyl halides is 1. The van der Waals surface area contributed by atoms with Gasteiger partial charge in [0.05, 0.1) is 24.8 Å². The summed E-state index contributed by atoms with van der Waals surface area (Å²) in [5.41, 5.74) is 1.21. The number of benzene rings is 1. The van der Waals surface area contributed by atoms with Crippen molar-refractivity contribution in [1.29, 1.82) is 0 Å². The average molecular weight is 294 g/mol. The third-order valence-corrected chi connectivity index (χ3v) is 2.92. The van der Waals surface area contributed by atoms with Gasteiger partial charge in [0.2, 0.25) is 0 Å². The minimum Gasteiger partial charge on any atom is -0.495 e. The first-order chi connectivity index (χ1) is 7.13. The Morgan fingerprint density at radius 3 is 2.60 bits per heavy atom. The molecule has 0 heterocycles. The molecular formula is C10H10BrClO3. The summed E-state index contributed by atoms with van der Waals surface area (Å²) in [5.74, 6) is -0.00452. The molecule has 0 bridgehead atoms.